The maximum atomic E-state index is 10.0. The third-order valence-electron chi connectivity index (χ3n) is 2.50. The van der Waals surface area contributed by atoms with E-state index in [2.05, 4.69) is 6.92 Å². The van der Waals surface area contributed by atoms with E-state index in [1.165, 1.54) is 44.9 Å². The molecule has 0 unspecified atom stereocenters. The van der Waals surface area contributed by atoms with E-state index in [1.807, 2.05) is 0 Å². The first-order valence-electron chi connectivity index (χ1n) is 6.43. The third kappa shape index (κ3) is 13.6. The fourth-order valence-electron chi connectivity index (χ4n) is 1.53. The fourth-order valence-corrected chi connectivity index (χ4v) is 1.53. The minimum absolute atomic E-state index is 0.636. The monoisotopic (exact) mass is 214 g/mol. The number of aldehydes is 1. The molecule has 0 aliphatic rings. The zero-order valence-electron chi connectivity index (χ0n) is 10.2. The van der Waals surface area contributed by atoms with E-state index in [0.29, 0.717) is 6.42 Å². The Bertz CT molecular complexity index is 124. The Hall–Kier alpha value is -0.370. The molecule has 0 aromatic carbocycles. The molecule has 2 heteroatoms. The SMILES string of the molecule is CCCCCCCCCOCCCC=O. The Morgan fingerprint density at radius 1 is 0.867 bits per heavy atom. The standard InChI is InChI=1S/C13H26O2/c1-2-3-4-5-6-7-9-12-15-13-10-8-11-14/h11H,2-10,12-13H2,1H3. The average Bonchev–Trinajstić information content (AvgIpc) is 2.26. The highest BCUT2D eigenvalue weighted by molar-refractivity contribution is 5.48. The van der Waals surface area contributed by atoms with Crippen LogP contribution in [0.5, 0.6) is 0 Å². The summed E-state index contributed by atoms with van der Waals surface area (Å²) in [4.78, 5) is 10.0. The molecule has 15 heavy (non-hydrogen) atoms. The van der Waals surface area contributed by atoms with Crippen molar-refractivity contribution >= 4 is 6.29 Å². The van der Waals surface area contributed by atoms with Crippen LogP contribution in [0.2, 0.25) is 0 Å². The Morgan fingerprint density at radius 3 is 2.13 bits per heavy atom. The third-order valence-corrected chi connectivity index (χ3v) is 2.50. The van der Waals surface area contributed by atoms with Gasteiger partial charge in [-0.2, -0.15) is 0 Å². The largest absolute Gasteiger partial charge is 0.381 e. The van der Waals surface area contributed by atoms with Crippen molar-refractivity contribution in [1.29, 1.82) is 0 Å². The van der Waals surface area contributed by atoms with E-state index >= 15 is 0 Å². The van der Waals surface area contributed by atoms with Crippen LogP contribution < -0.4 is 0 Å². The molecule has 0 heterocycles. The molecular formula is C13H26O2. The van der Waals surface area contributed by atoms with Crippen LogP contribution in [0.1, 0.15) is 64.7 Å². The molecule has 0 aliphatic carbocycles. The summed E-state index contributed by atoms with van der Waals surface area (Å²) in [6.45, 7) is 3.86. The second-order valence-corrected chi connectivity index (χ2v) is 4.04. The number of hydrogen-bond donors (Lipinski definition) is 0. The van der Waals surface area contributed by atoms with E-state index in [4.69, 9.17) is 4.74 Å². The normalized spacial score (nSPS) is 10.5. The number of ether oxygens (including phenoxy) is 1. The molecule has 0 bridgehead atoms. The van der Waals surface area contributed by atoms with Gasteiger partial charge in [0.05, 0.1) is 0 Å². The van der Waals surface area contributed by atoms with Gasteiger partial charge in [-0.25, -0.2) is 0 Å². The molecule has 90 valence electrons. The summed E-state index contributed by atoms with van der Waals surface area (Å²) in [5, 5.41) is 0. The maximum absolute atomic E-state index is 10.0. The van der Waals surface area contributed by atoms with Gasteiger partial charge in [-0.15, -0.1) is 0 Å². The quantitative estimate of drug-likeness (QED) is 0.365. The summed E-state index contributed by atoms with van der Waals surface area (Å²) in [6.07, 6.45) is 11.7. The van der Waals surface area contributed by atoms with Crippen LogP contribution in [0.3, 0.4) is 0 Å². The lowest BCUT2D eigenvalue weighted by Gasteiger charge is -2.03. The molecule has 0 fully saturated rings. The molecular weight excluding hydrogens is 188 g/mol. The first kappa shape index (κ1) is 14.6. The summed E-state index contributed by atoms with van der Waals surface area (Å²) in [7, 11) is 0. The van der Waals surface area contributed by atoms with Gasteiger partial charge in [0.2, 0.25) is 0 Å². The molecule has 0 N–H and O–H groups in total. The first-order chi connectivity index (χ1) is 7.41. The molecule has 0 spiro atoms. The van der Waals surface area contributed by atoms with Gasteiger partial charge in [-0.05, 0) is 12.8 Å². The summed E-state index contributed by atoms with van der Waals surface area (Å²) < 4.78 is 5.40. The Balaban J connectivity index is 2.83. The molecule has 0 saturated heterocycles. The second-order valence-electron chi connectivity index (χ2n) is 4.04. The molecule has 0 aromatic heterocycles. The number of carbonyl (C=O) groups excluding carboxylic acids is 1. The molecule has 0 amide bonds. The van der Waals surface area contributed by atoms with Gasteiger partial charge in [-0.3, -0.25) is 0 Å². The van der Waals surface area contributed by atoms with Crippen molar-refractivity contribution in [2.45, 2.75) is 64.7 Å². The van der Waals surface area contributed by atoms with Crippen molar-refractivity contribution in [3.05, 3.63) is 0 Å². The smallest absolute Gasteiger partial charge is 0.120 e. The van der Waals surface area contributed by atoms with Crippen LogP contribution in [-0.2, 0) is 9.53 Å². The summed E-state index contributed by atoms with van der Waals surface area (Å²) in [5.74, 6) is 0. The van der Waals surface area contributed by atoms with Crippen molar-refractivity contribution in [1.82, 2.24) is 0 Å². The minimum atomic E-state index is 0.636. The lowest BCUT2D eigenvalue weighted by molar-refractivity contribution is -0.108. The summed E-state index contributed by atoms with van der Waals surface area (Å²) in [5.41, 5.74) is 0. The average molecular weight is 214 g/mol. The number of hydrogen-bond acceptors (Lipinski definition) is 2. The van der Waals surface area contributed by atoms with Gasteiger partial charge >= 0.3 is 0 Å². The molecule has 2 nitrogen and oxygen atoms in total. The predicted molar refractivity (Wildman–Crippen MR) is 64.1 cm³/mol. The van der Waals surface area contributed by atoms with Crippen molar-refractivity contribution in [3.8, 4) is 0 Å². The number of carbonyl (C=O) groups is 1. The number of rotatable bonds is 12. The lowest BCUT2D eigenvalue weighted by Crippen LogP contribution is -1.97. The molecule has 0 aromatic rings. The van der Waals surface area contributed by atoms with Crippen molar-refractivity contribution in [2.24, 2.45) is 0 Å². The zero-order valence-corrected chi connectivity index (χ0v) is 10.2. The topological polar surface area (TPSA) is 26.3 Å². The van der Waals surface area contributed by atoms with Crippen LogP contribution in [0.4, 0.5) is 0 Å². The van der Waals surface area contributed by atoms with Crippen LogP contribution in [0.25, 0.3) is 0 Å². The van der Waals surface area contributed by atoms with Crippen molar-refractivity contribution in [3.63, 3.8) is 0 Å². The van der Waals surface area contributed by atoms with Gasteiger partial charge in [0.1, 0.15) is 6.29 Å². The van der Waals surface area contributed by atoms with Crippen molar-refractivity contribution in [2.75, 3.05) is 13.2 Å². The molecule has 0 saturated carbocycles. The molecule has 0 aliphatic heterocycles. The van der Waals surface area contributed by atoms with Gasteiger partial charge in [0.25, 0.3) is 0 Å². The maximum Gasteiger partial charge on any atom is 0.120 e. The molecule has 0 atom stereocenters. The first-order valence-corrected chi connectivity index (χ1v) is 6.43. The summed E-state index contributed by atoms with van der Waals surface area (Å²) >= 11 is 0. The van der Waals surface area contributed by atoms with Crippen LogP contribution in [-0.4, -0.2) is 19.5 Å². The van der Waals surface area contributed by atoms with E-state index in [0.717, 1.165) is 25.9 Å². The minimum Gasteiger partial charge on any atom is -0.381 e. The predicted octanol–water partition coefficient (Wildman–Crippen LogP) is 3.73. The van der Waals surface area contributed by atoms with E-state index < -0.39 is 0 Å². The summed E-state index contributed by atoms with van der Waals surface area (Å²) in [6, 6.07) is 0. The van der Waals surface area contributed by atoms with Gasteiger partial charge < -0.3 is 9.53 Å². The van der Waals surface area contributed by atoms with Crippen LogP contribution in [0, 0.1) is 0 Å². The second kappa shape index (κ2) is 13.6. The van der Waals surface area contributed by atoms with E-state index in [1.54, 1.807) is 0 Å². The van der Waals surface area contributed by atoms with Crippen LogP contribution >= 0.6 is 0 Å². The van der Waals surface area contributed by atoms with Crippen molar-refractivity contribution < 1.29 is 9.53 Å². The van der Waals surface area contributed by atoms with Gasteiger partial charge in [0, 0.05) is 19.6 Å². The lowest BCUT2D eigenvalue weighted by atomic mass is 10.1. The van der Waals surface area contributed by atoms with Crippen LogP contribution in [0.15, 0.2) is 0 Å². The highest BCUT2D eigenvalue weighted by Crippen LogP contribution is 2.06. The van der Waals surface area contributed by atoms with Gasteiger partial charge in [-0.1, -0.05) is 45.4 Å². The van der Waals surface area contributed by atoms with E-state index in [-0.39, 0.29) is 0 Å². The Labute approximate surface area is 94.4 Å². The van der Waals surface area contributed by atoms with E-state index in [9.17, 15) is 4.79 Å². The molecule has 0 rings (SSSR count). The zero-order chi connectivity index (χ0) is 11.2. The highest BCUT2D eigenvalue weighted by atomic mass is 16.5. The number of unbranched alkanes of at least 4 members (excludes halogenated alkanes) is 7. The Morgan fingerprint density at radius 2 is 1.47 bits per heavy atom. The molecule has 0 radical (unpaired) electrons. The van der Waals surface area contributed by atoms with Gasteiger partial charge in [0.15, 0.2) is 0 Å². The highest BCUT2D eigenvalue weighted by Gasteiger charge is 1.91. The Kier molecular flexibility index (Phi) is 13.3. The fraction of sp³-hybridized carbons (Fsp3) is 0.923.